The van der Waals surface area contributed by atoms with Gasteiger partial charge in [0.2, 0.25) is 5.13 Å². The van der Waals surface area contributed by atoms with E-state index in [-0.39, 0.29) is 5.92 Å². The van der Waals surface area contributed by atoms with Gasteiger partial charge >= 0.3 is 6.01 Å². The molecular formula is C14H22N6OS. The Morgan fingerprint density at radius 3 is 2.59 bits per heavy atom. The lowest BCUT2D eigenvalue weighted by atomic mass is 10.2. The Morgan fingerprint density at radius 1 is 1.14 bits per heavy atom. The fourth-order valence-electron chi connectivity index (χ4n) is 2.41. The molecular weight excluding hydrogens is 300 g/mol. The summed E-state index contributed by atoms with van der Waals surface area (Å²) in [6.45, 7) is 9.89. The van der Waals surface area contributed by atoms with Crippen molar-refractivity contribution in [2.75, 3.05) is 36.0 Å². The molecule has 2 aromatic rings. The van der Waals surface area contributed by atoms with Crippen molar-refractivity contribution in [3.05, 3.63) is 11.6 Å². The van der Waals surface area contributed by atoms with E-state index < -0.39 is 0 Å². The van der Waals surface area contributed by atoms with Crippen LogP contribution in [0.2, 0.25) is 0 Å². The number of hydrogen-bond donors (Lipinski definition) is 0. The van der Waals surface area contributed by atoms with Gasteiger partial charge in [0.05, 0.1) is 0 Å². The molecule has 0 atom stereocenters. The summed E-state index contributed by atoms with van der Waals surface area (Å²) in [4.78, 5) is 13.5. The number of rotatable bonds is 4. The molecule has 1 aliphatic rings. The van der Waals surface area contributed by atoms with Crippen molar-refractivity contribution in [2.45, 2.75) is 39.5 Å². The lowest BCUT2D eigenvalue weighted by molar-refractivity contribution is 0.404. The summed E-state index contributed by atoms with van der Waals surface area (Å²) in [6.07, 6.45) is 1.93. The monoisotopic (exact) mass is 322 g/mol. The predicted molar refractivity (Wildman–Crippen MR) is 86.7 cm³/mol. The van der Waals surface area contributed by atoms with E-state index in [1.165, 1.54) is 11.5 Å². The maximum absolute atomic E-state index is 5.40. The summed E-state index contributed by atoms with van der Waals surface area (Å²) in [5.74, 6) is 1.99. The van der Waals surface area contributed by atoms with E-state index in [9.17, 15) is 0 Å². The van der Waals surface area contributed by atoms with Crippen LogP contribution in [0.25, 0.3) is 0 Å². The van der Waals surface area contributed by atoms with Gasteiger partial charge in [0.15, 0.2) is 5.82 Å². The first kappa shape index (κ1) is 15.2. The maximum atomic E-state index is 5.40. The molecule has 1 fully saturated rings. The smallest absolute Gasteiger partial charge is 0.324 e. The Bertz CT molecular complexity index is 610. The van der Waals surface area contributed by atoms with Crippen LogP contribution in [0.4, 0.5) is 11.1 Å². The molecule has 1 saturated heterocycles. The molecule has 0 saturated carbocycles. The van der Waals surface area contributed by atoms with Gasteiger partial charge in [0, 0.05) is 50.1 Å². The van der Waals surface area contributed by atoms with Crippen LogP contribution in [-0.4, -0.2) is 45.7 Å². The lowest BCUT2D eigenvalue weighted by Gasteiger charge is -2.19. The highest BCUT2D eigenvalue weighted by Gasteiger charge is 2.22. The minimum Gasteiger partial charge on any atom is -0.345 e. The molecule has 0 N–H and O–H groups in total. The van der Waals surface area contributed by atoms with Crippen LogP contribution in [0, 0.1) is 0 Å². The van der Waals surface area contributed by atoms with Crippen LogP contribution >= 0.6 is 11.5 Å². The highest BCUT2D eigenvalue weighted by atomic mass is 32.1. The van der Waals surface area contributed by atoms with E-state index >= 15 is 0 Å². The molecule has 0 unspecified atom stereocenters. The van der Waals surface area contributed by atoms with Crippen molar-refractivity contribution in [2.24, 2.45) is 0 Å². The zero-order chi connectivity index (χ0) is 15.5. The van der Waals surface area contributed by atoms with Gasteiger partial charge in [-0.2, -0.15) is 9.36 Å². The first-order valence-corrected chi connectivity index (χ1v) is 8.60. The van der Waals surface area contributed by atoms with Crippen molar-refractivity contribution in [1.82, 2.24) is 19.5 Å². The van der Waals surface area contributed by atoms with Gasteiger partial charge in [-0.3, -0.25) is 0 Å². The molecule has 0 spiro atoms. The van der Waals surface area contributed by atoms with Crippen LogP contribution in [0.3, 0.4) is 0 Å². The van der Waals surface area contributed by atoms with Crippen molar-refractivity contribution < 1.29 is 4.52 Å². The molecule has 3 rings (SSSR count). The summed E-state index contributed by atoms with van der Waals surface area (Å²) in [7, 11) is 0. The number of anilines is 2. The van der Waals surface area contributed by atoms with E-state index in [0.29, 0.717) is 6.01 Å². The van der Waals surface area contributed by atoms with Crippen molar-refractivity contribution in [3.63, 3.8) is 0 Å². The highest BCUT2D eigenvalue weighted by Crippen LogP contribution is 2.22. The fourth-order valence-corrected chi connectivity index (χ4v) is 3.21. The first-order valence-electron chi connectivity index (χ1n) is 7.83. The van der Waals surface area contributed by atoms with Crippen LogP contribution in [-0.2, 0) is 6.42 Å². The average molecular weight is 322 g/mol. The quantitative estimate of drug-likeness (QED) is 0.855. The van der Waals surface area contributed by atoms with Gasteiger partial charge in [-0.15, -0.1) is 0 Å². The Kier molecular flexibility index (Phi) is 4.56. The average Bonchev–Trinajstić information content (AvgIpc) is 3.12. The molecule has 2 aromatic heterocycles. The molecule has 0 aromatic carbocycles. The van der Waals surface area contributed by atoms with Crippen molar-refractivity contribution in [1.29, 1.82) is 0 Å². The van der Waals surface area contributed by atoms with Crippen molar-refractivity contribution >= 4 is 22.7 Å². The zero-order valence-corrected chi connectivity index (χ0v) is 14.1. The molecule has 0 amide bonds. The molecule has 22 heavy (non-hydrogen) atoms. The molecule has 3 heterocycles. The van der Waals surface area contributed by atoms with Gasteiger partial charge in [-0.05, 0) is 6.42 Å². The summed E-state index contributed by atoms with van der Waals surface area (Å²) < 4.78 is 9.78. The number of aromatic nitrogens is 4. The van der Waals surface area contributed by atoms with Gasteiger partial charge in [0.1, 0.15) is 5.82 Å². The van der Waals surface area contributed by atoms with Crippen LogP contribution in [0.15, 0.2) is 4.52 Å². The summed E-state index contributed by atoms with van der Waals surface area (Å²) in [5.41, 5.74) is 0. The predicted octanol–water partition coefficient (Wildman–Crippen LogP) is 2.32. The first-order chi connectivity index (χ1) is 10.7. The Morgan fingerprint density at radius 2 is 1.91 bits per heavy atom. The summed E-state index contributed by atoms with van der Waals surface area (Å²) >= 11 is 1.49. The Labute approximate surface area is 134 Å². The summed E-state index contributed by atoms with van der Waals surface area (Å²) in [5, 5.41) is 5.07. The van der Waals surface area contributed by atoms with Crippen LogP contribution in [0.1, 0.15) is 44.8 Å². The van der Waals surface area contributed by atoms with Crippen LogP contribution in [0.5, 0.6) is 0 Å². The van der Waals surface area contributed by atoms with E-state index in [4.69, 9.17) is 4.52 Å². The topological polar surface area (TPSA) is 71.2 Å². The normalized spacial score (nSPS) is 16.4. The van der Waals surface area contributed by atoms with Gasteiger partial charge in [-0.1, -0.05) is 25.9 Å². The molecule has 1 aliphatic heterocycles. The lowest BCUT2D eigenvalue weighted by Crippen LogP contribution is -2.30. The second-order valence-corrected chi connectivity index (χ2v) is 6.49. The molecule has 8 heteroatoms. The molecule has 7 nitrogen and oxygen atoms in total. The molecule has 120 valence electrons. The van der Waals surface area contributed by atoms with Gasteiger partial charge in [0.25, 0.3) is 0 Å². The Balaban J connectivity index is 1.66. The van der Waals surface area contributed by atoms with E-state index in [1.54, 1.807) is 0 Å². The fraction of sp³-hybridized carbons (Fsp3) is 0.714. The third kappa shape index (κ3) is 3.21. The third-order valence-electron chi connectivity index (χ3n) is 3.76. The second kappa shape index (κ2) is 6.60. The highest BCUT2D eigenvalue weighted by molar-refractivity contribution is 7.09. The van der Waals surface area contributed by atoms with E-state index in [0.717, 1.165) is 55.8 Å². The SMILES string of the molecule is CCc1nsc(N2CCCN(c3nc(C(C)C)no3)CC2)n1. The molecule has 0 aliphatic carbocycles. The minimum absolute atomic E-state index is 0.287. The number of nitrogens with zero attached hydrogens (tertiary/aromatic N) is 6. The van der Waals surface area contributed by atoms with Gasteiger partial charge < -0.3 is 14.3 Å². The van der Waals surface area contributed by atoms with Crippen LogP contribution < -0.4 is 9.80 Å². The van der Waals surface area contributed by atoms with Gasteiger partial charge in [-0.25, -0.2) is 4.98 Å². The molecule has 0 radical (unpaired) electrons. The minimum atomic E-state index is 0.287. The standard InChI is InChI=1S/C14H22N6OS/c1-4-11-15-14(22-18-11)20-7-5-6-19(8-9-20)13-16-12(10(2)3)17-21-13/h10H,4-9H2,1-3H3. The van der Waals surface area contributed by atoms with E-state index in [2.05, 4.69) is 50.1 Å². The van der Waals surface area contributed by atoms with Crippen molar-refractivity contribution in [3.8, 4) is 0 Å². The zero-order valence-electron chi connectivity index (χ0n) is 13.3. The molecule has 0 bridgehead atoms. The largest absolute Gasteiger partial charge is 0.345 e. The third-order valence-corrected chi connectivity index (χ3v) is 4.57. The number of aryl methyl sites for hydroxylation is 1. The maximum Gasteiger partial charge on any atom is 0.324 e. The summed E-state index contributed by atoms with van der Waals surface area (Å²) in [6, 6.07) is 0.636. The number of hydrogen-bond acceptors (Lipinski definition) is 8. The van der Waals surface area contributed by atoms with E-state index in [1.807, 2.05) is 0 Å². The Hall–Kier alpha value is -1.70. The second-order valence-electron chi connectivity index (χ2n) is 5.76.